The van der Waals surface area contributed by atoms with Gasteiger partial charge < -0.3 is 9.47 Å². The second kappa shape index (κ2) is 22.5. The average Bonchev–Trinajstić information content (AvgIpc) is 2.78. The molecule has 0 aromatic rings. The van der Waals surface area contributed by atoms with Crippen LogP contribution in [0.4, 0.5) is 4.79 Å². The van der Waals surface area contributed by atoms with Crippen molar-refractivity contribution < 1.29 is 19.1 Å². The molecule has 0 N–H and O–H groups in total. The Labute approximate surface area is 205 Å². The zero-order chi connectivity index (χ0) is 24.7. The van der Waals surface area contributed by atoms with E-state index >= 15 is 0 Å². The van der Waals surface area contributed by atoms with E-state index in [1.807, 2.05) is 13.8 Å². The molecule has 0 aliphatic heterocycles. The van der Waals surface area contributed by atoms with Crippen molar-refractivity contribution in [2.75, 3.05) is 20.3 Å². The average molecular weight is 470 g/mol. The maximum absolute atomic E-state index is 12.5. The highest BCUT2D eigenvalue weighted by Crippen LogP contribution is 2.15. The van der Waals surface area contributed by atoms with Crippen molar-refractivity contribution in [1.82, 2.24) is 4.90 Å². The predicted molar refractivity (Wildman–Crippen MR) is 139 cm³/mol. The SMILES string of the molecule is CCCCCCCCCCCCCCCCCCOC(=O)C(CC(C)C)N(C)C(=O)OCC. The van der Waals surface area contributed by atoms with Crippen LogP contribution in [0.5, 0.6) is 0 Å². The Kier molecular flexibility index (Phi) is 21.7. The van der Waals surface area contributed by atoms with Gasteiger partial charge in [-0.25, -0.2) is 9.59 Å². The predicted octanol–water partition coefficient (Wildman–Crippen LogP) is 8.29. The Balaban J connectivity index is 3.68. The van der Waals surface area contributed by atoms with Crippen LogP contribution in [0.2, 0.25) is 0 Å². The number of carbonyl (C=O) groups excluding carboxylic acids is 2. The van der Waals surface area contributed by atoms with Crippen molar-refractivity contribution in [3.05, 3.63) is 0 Å². The minimum Gasteiger partial charge on any atom is -0.464 e. The van der Waals surface area contributed by atoms with E-state index in [1.54, 1.807) is 14.0 Å². The minimum absolute atomic E-state index is 0.287. The topological polar surface area (TPSA) is 55.8 Å². The van der Waals surface area contributed by atoms with Crippen LogP contribution in [0.3, 0.4) is 0 Å². The lowest BCUT2D eigenvalue weighted by atomic mass is 10.0. The largest absolute Gasteiger partial charge is 0.464 e. The van der Waals surface area contributed by atoms with Gasteiger partial charge in [0.05, 0.1) is 13.2 Å². The summed E-state index contributed by atoms with van der Waals surface area (Å²) >= 11 is 0. The van der Waals surface area contributed by atoms with Gasteiger partial charge in [0, 0.05) is 7.05 Å². The van der Waals surface area contributed by atoms with Crippen molar-refractivity contribution in [2.24, 2.45) is 5.92 Å². The first kappa shape index (κ1) is 31.7. The molecule has 0 radical (unpaired) electrons. The third-order valence-corrected chi connectivity index (χ3v) is 6.23. The summed E-state index contributed by atoms with van der Waals surface area (Å²) in [6, 6.07) is -0.579. The van der Waals surface area contributed by atoms with E-state index in [9.17, 15) is 9.59 Å². The summed E-state index contributed by atoms with van der Waals surface area (Å²) < 4.78 is 10.5. The van der Waals surface area contributed by atoms with Crippen LogP contribution in [0.15, 0.2) is 0 Å². The van der Waals surface area contributed by atoms with Gasteiger partial charge in [-0.05, 0) is 25.7 Å². The number of hydrogen-bond acceptors (Lipinski definition) is 4. The molecule has 33 heavy (non-hydrogen) atoms. The molecule has 0 heterocycles. The monoisotopic (exact) mass is 469 g/mol. The van der Waals surface area contributed by atoms with Gasteiger partial charge in [0.25, 0.3) is 0 Å². The number of esters is 1. The summed E-state index contributed by atoms with van der Waals surface area (Å²) in [6.45, 7) is 8.84. The molecule has 0 spiro atoms. The molecule has 0 aliphatic carbocycles. The van der Waals surface area contributed by atoms with Crippen LogP contribution in [0.1, 0.15) is 137 Å². The van der Waals surface area contributed by atoms with E-state index < -0.39 is 12.1 Å². The summed E-state index contributed by atoms with van der Waals surface area (Å²) in [4.78, 5) is 25.9. The summed E-state index contributed by atoms with van der Waals surface area (Å²) in [5.41, 5.74) is 0. The lowest BCUT2D eigenvalue weighted by Gasteiger charge is -2.27. The Morgan fingerprint density at radius 1 is 0.667 bits per heavy atom. The number of rotatable bonds is 22. The molecule has 196 valence electrons. The number of nitrogens with zero attached hydrogens (tertiary/aromatic N) is 1. The molecule has 0 saturated heterocycles. The van der Waals surface area contributed by atoms with Gasteiger partial charge in [-0.1, -0.05) is 117 Å². The van der Waals surface area contributed by atoms with Crippen LogP contribution in [-0.4, -0.2) is 43.3 Å². The lowest BCUT2D eigenvalue weighted by molar-refractivity contribution is -0.149. The molecule has 0 aliphatic rings. The molecule has 0 bridgehead atoms. The number of amides is 1. The van der Waals surface area contributed by atoms with E-state index in [4.69, 9.17) is 9.47 Å². The first-order valence-corrected chi connectivity index (χ1v) is 14.0. The number of unbranched alkanes of at least 4 members (excludes halogenated alkanes) is 15. The molecule has 5 nitrogen and oxygen atoms in total. The van der Waals surface area contributed by atoms with E-state index in [0.717, 1.165) is 12.8 Å². The molecule has 0 aromatic carbocycles. The van der Waals surface area contributed by atoms with E-state index in [-0.39, 0.29) is 11.9 Å². The van der Waals surface area contributed by atoms with E-state index in [1.165, 1.54) is 94.8 Å². The van der Waals surface area contributed by atoms with E-state index in [0.29, 0.717) is 19.6 Å². The van der Waals surface area contributed by atoms with Crippen LogP contribution in [0, 0.1) is 5.92 Å². The second-order valence-electron chi connectivity index (χ2n) is 9.93. The van der Waals surface area contributed by atoms with Crippen molar-refractivity contribution in [3.63, 3.8) is 0 Å². The van der Waals surface area contributed by atoms with Gasteiger partial charge in [0.1, 0.15) is 6.04 Å². The summed E-state index contributed by atoms with van der Waals surface area (Å²) in [5.74, 6) is -0.0322. The molecule has 0 saturated carbocycles. The fourth-order valence-electron chi connectivity index (χ4n) is 4.13. The highest BCUT2D eigenvalue weighted by atomic mass is 16.6. The molecular formula is C28H55NO4. The Morgan fingerprint density at radius 2 is 1.09 bits per heavy atom. The van der Waals surface area contributed by atoms with Gasteiger partial charge in [-0.15, -0.1) is 0 Å². The number of carbonyl (C=O) groups is 2. The first-order chi connectivity index (χ1) is 15.9. The maximum Gasteiger partial charge on any atom is 0.410 e. The second-order valence-corrected chi connectivity index (χ2v) is 9.93. The molecule has 1 unspecified atom stereocenters. The Bertz CT molecular complexity index is 467. The standard InChI is InChI=1S/C28H55NO4/c1-6-8-9-10-11-12-13-14-15-16-17-18-19-20-21-22-23-33-27(30)26(24-25(3)4)29(5)28(31)32-7-2/h25-26H,6-24H2,1-5H3. The highest BCUT2D eigenvalue weighted by Gasteiger charge is 2.29. The third kappa shape index (κ3) is 18.8. The number of ether oxygens (including phenoxy) is 2. The zero-order valence-corrected chi connectivity index (χ0v) is 22.7. The van der Waals surface area contributed by atoms with Gasteiger partial charge >= 0.3 is 12.1 Å². The number of hydrogen-bond donors (Lipinski definition) is 0. The molecule has 5 heteroatoms. The Morgan fingerprint density at radius 3 is 1.48 bits per heavy atom. The lowest BCUT2D eigenvalue weighted by Crippen LogP contribution is -2.44. The van der Waals surface area contributed by atoms with Gasteiger partial charge in [-0.2, -0.15) is 0 Å². The van der Waals surface area contributed by atoms with Gasteiger partial charge in [0.15, 0.2) is 0 Å². The van der Waals surface area contributed by atoms with Crippen molar-refractivity contribution in [2.45, 2.75) is 143 Å². The minimum atomic E-state index is -0.579. The quantitative estimate of drug-likeness (QED) is 0.118. The van der Waals surface area contributed by atoms with Crippen LogP contribution < -0.4 is 0 Å². The van der Waals surface area contributed by atoms with Crippen molar-refractivity contribution >= 4 is 12.1 Å². The molecule has 0 rings (SSSR count). The third-order valence-electron chi connectivity index (χ3n) is 6.23. The summed E-state index contributed by atoms with van der Waals surface area (Å²) in [7, 11) is 1.61. The van der Waals surface area contributed by atoms with Crippen molar-refractivity contribution in [1.29, 1.82) is 0 Å². The smallest absolute Gasteiger partial charge is 0.410 e. The van der Waals surface area contributed by atoms with E-state index in [2.05, 4.69) is 6.92 Å². The highest BCUT2D eigenvalue weighted by molar-refractivity contribution is 5.81. The maximum atomic E-state index is 12.5. The molecular weight excluding hydrogens is 414 g/mol. The fraction of sp³-hybridized carbons (Fsp3) is 0.929. The van der Waals surface area contributed by atoms with Crippen LogP contribution in [0.25, 0.3) is 0 Å². The van der Waals surface area contributed by atoms with Crippen LogP contribution in [-0.2, 0) is 14.3 Å². The Hall–Kier alpha value is -1.26. The normalized spacial score (nSPS) is 12.1. The summed E-state index contributed by atoms with van der Waals surface area (Å²) in [6.07, 6.45) is 21.2. The zero-order valence-electron chi connectivity index (χ0n) is 22.7. The molecule has 0 aromatic heterocycles. The molecule has 1 atom stereocenters. The van der Waals surface area contributed by atoms with Gasteiger partial charge in [-0.3, -0.25) is 4.90 Å². The number of likely N-dealkylation sites (N-methyl/N-ethyl adjacent to an activating group) is 1. The fourth-order valence-corrected chi connectivity index (χ4v) is 4.13. The molecule has 1 amide bonds. The van der Waals surface area contributed by atoms with Crippen LogP contribution >= 0.6 is 0 Å². The van der Waals surface area contributed by atoms with Crippen molar-refractivity contribution in [3.8, 4) is 0 Å². The first-order valence-electron chi connectivity index (χ1n) is 14.0. The summed E-state index contributed by atoms with van der Waals surface area (Å²) in [5, 5.41) is 0. The van der Waals surface area contributed by atoms with Gasteiger partial charge in [0.2, 0.25) is 0 Å². The molecule has 0 fully saturated rings.